The molecule has 2 aromatic rings. The van der Waals surface area contributed by atoms with Crippen molar-refractivity contribution in [2.24, 2.45) is 0 Å². The minimum Gasteiger partial charge on any atom is -0.481 e. The number of carbonyl (C=O) groups excluding carboxylic acids is 1. The third-order valence-corrected chi connectivity index (χ3v) is 3.44. The molecule has 2 aromatic carbocycles. The molecule has 0 heterocycles. The van der Waals surface area contributed by atoms with E-state index in [1.54, 1.807) is 31.2 Å². The van der Waals surface area contributed by atoms with E-state index >= 15 is 0 Å². The van der Waals surface area contributed by atoms with Gasteiger partial charge in [-0.3, -0.25) is 14.9 Å². The molecule has 6 nitrogen and oxygen atoms in total. The van der Waals surface area contributed by atoms with Crippen LogP contribution in [-0.4, -0.2) is 16.9 Å². The minimum atomic E-state index is -0.816. The van der Waals surface area contributed by atoms with Gasteiger partial charge in [0.15, 0.2) is 6.10 Å². The van der Waals surface area contributed by atoms with Gasteiger partial charge in [-0.25, -0.2) is 0 Å². The SMILES string of the molecule is CC(Oc1cccc(Cl)c1)C(=O)Nc1ccc(Cl)c([N+](=O)[O-])c1. The summed E-state index contributed by atoms with van der Waals surface area (Å²) in [5.74, 6) is -0.0103. The van der Waals surface area contributed by atoms with Gasteiger partial charge in [0, 0.05) is 16.8 Å². The number of hydrogen-bond acceptors (Lipinski definition) is 4. The highest BCUT2D eigenvalue weighted by Crippen LogP contribution is 2.27. The van der Waals surface area contributed by atoms with E-state index in [9.17, 15) is 14.9 Å². The second-order valence-corrected chi connectivity index (χ2v) is 5.47. The van der Waals surface area contributed by atoms with Crippen molar-refractivity contribution in [2.75, 3.05) is 5.32 Å². The van der Waals surface area contributed by atoms with E-state index < -0.39 is 16.9 Å². The van der Waals surface area contributed by atoms with Crippen molar-refractivity contribution >= 4 is 40.5 Å². The number of hydrogen-bond donors (Lipinski definition) is 1. The maximum absolute atomic E-state index is 12.1. The summed E-state index contributed by atoms with van der Waals surface area (Å²) in [6, 6.07) is 10.6. The van der Waals surface area contributed by atoms with Gasteiger partial charge < -0.3 is 10.1 Å². The molecule has 1 N–H and O–H groups in total. The summed E-state index contributed by atoms with van der Waals surface area (Å²) in [5, 5.41) is 13.9. The summed E-state index contributed by atoms with van der Waals surface area (Å²) in [5.41, 5.74) is -0.0273. The first-order valence-corrected chi connectivity index (χ1v) is 7.29. The molecule has 23 heavy (non-hydrogen) atoms. The van der Waals surface area contributed by atoms with Crippen LogP contribution in [0.15, 0.2) is 42.5 Å². The number of nitrogens with one attached hydrogen (secondary N) is 1. The number of anilines is 1. The number of amides is 1. The van der Waals surface area contributed by atoms with Crippen LogP contribution in [0.2, 0.25) is 10.0 Å². The molecule has 0 bridgehead atoms. The molecule has 120 valence electrons. The molecule has 0 spiro atoms. The smallest absolute Gasteiger partial charge is 0.289 e. The van der Waals surface area contributed by atoms with Gasteiger partial charge in [0.25, 0.3) is 11.6 Å². The zero-order valence-electron chi connectivity index (χ0n) is 12.0. The quantitative estimate of drug-likeness (QED) is 0.640. The third-order valence-electron chi connectivity index (χ3n) is 2.89. The molecule has 1 unspecified atom stereocenters. The number of carbonyl (C=O) groups is 1. The zero-order valence-corrected chi connectivity index (χ0v) is 13.5. The number of nitro benzene ring substituents is 1. The second kappa shape index (κ2) is 7.30. The van der Waals surface area contributed by atoms with Gasteiger partial charge in [-0.2, -0.15) is 0 Å². The van der Waals surface area contributed by atoms with E-state index in [1.165, 1.54) is 18.2 Å². The molecule has 0 aliphatic rings. The molecule has 1 amide bonds. The molecular formula is C15H12Cl2N2O4. The lowest BCUT2D eigenvalue weighted by atomic mass is 10.2. The zero-order chi connectivity index (χ0) is 17.0. The van der Waals surface area contributed by atoms with Gasteiger partial charge in [0.1, 0.15) is 10.8 Å². The molecule has 0 radical (unpaired) electrons. The van der Waals surface area contributed by atoms with E-state index in [4.69, 9.17) is 27.9 Å². The lowest BCUT2D eigenvalue weighted by Gasteiger charge is -2.15. The van der Waals surface area contributed by atoms with Crippen molar-refractivity contribution in [3.8, 4) is 5.75 Å². The van der Waals surface area contributed by atoms with Gasteiger partial charge in [-0.05, 0) is 37.3 Å². The lowest BCUT2D eigenvalue weighted by molar-refractivity contribution is -0.384. The van der Waals surface area contributed by atoms with E-state index in [1.807, 2.05) is 0 Å². The maximum Gasteiger partial charge on any atom is 0.289 e. The molecule has 1 atom stereocenters. The molecule has 0 fully saturated rings. The number of halogens is 2. The summed E-state index contributed by atoms with van der Waals surface area (Å²) in [6.07, 6.45) is -0.816. The number of rotatable bonds is 5. The van der Waals surface area contributed by atoms with Crippen LogP contribution in [0.5, 0.6) is 5.75 Å². The molecule has 0 aromatic heterocycles. The monoisotopic (exact) mass is 354 g/mol. The normalized spacial score (nSPS) is 11.6. The Morgan fingerprint density at radius 1 is 1.26 bits per heavy atom. The summed E-state index contributed by atoms with van der Waals surface area (Å²) >= 11 is 11.6. The summed E-state index contributed by atoms with van der Waals surface area (Å²) in [7, 11) is 0. The highest BCUT2D eigenvalue weighted by molar-refractivity contribution is 6.32. The Morgan fingerprint density at radius 2 is 2.00 bits per heavy atom. The number of nitrogens with zero attached hydrogens (tertiary/aromatic N) is 1. The first-order chi connectivity index (χ1) is 10.9. The Hall–Kier alpha value is -2.31. The van der Waals surface area contributed by atoms with Crippen molar-refractivity contribution in [2.45, 2.75) is 13.0 Å². The fourth-order valence-corrected chi connectivity index (χ4v) is 2.14. The van der Waals surface area contributed by atoms with E-state index in [2.05, 4.69) is 5.32 Å². The van der Waals surface area contributed by atoms with Crippen LogP contribution in [0.25, 0.3) is 0 Å². The highest BCUT2D eigenvalue weighted by Gasteiger charge is 2.18. The van der Waals surface area contributed by atoms with Crippen molar-refractivity contribution in [1.82, 2.24) is 0 Å². The summed E-state index contributed by atoms with van der Waals surface area (Å²) in [4.78, 5) is 22.3. The first kappa shape index (κ1) is 17.1. The topological polar surface area (TPSA) is 81.5 Å². The highest BCUT2D eigenvalue weighted by atomic mass is 35.5. The predicted molar refractivity (Wildman–Crippen MR) is 88.3 cm³/mol. The summed E-state index contributed by atoms with van der Waals surface area (Å²) in [6.45, 7) is 1.56. The molecule has 2 rings (SSSR count). The average molecular weight is 355 g/mol. The first-order valence-electron chi connectivity index (χ1n) is 6.54. The van der Waals surface area contributed by atoms with Gasteiger partial charge >= 0.3 is 0 Å². The van der Waals surface area contributed by atoms with Gasteiger partial charge in [-0.15, -0.1) is 0 Å². The summed E-state index contributed by atoms with van der Waals surface area (Å²) < 4.78 is 5.47. The van der Waals surface area contributed by atoms with Crippen LogP contribution in [0.4, 0.5) is 11.4 Å². The maximum atomic E-state index is 12.1. The number of benzene rings is 2. The van der Waals surface area contributed by atoms with Gasteiger partial charge in [0.05, 0.1) is 4.92 Å². The molecule has 0 saturated heterocycles. The Morgan fingerprint density at radius 3 is 2.65 bits per heavy atom. The van der Waals surface area contributed by atoms with Crippen LogP contribution in [0, 0.1) is 10.1 Å². The van der Waals surface area contributed by atoms with Crippen LogP contribution in [0.1, 0.15) is 6.92 Å². The van der Waals surface area contributed by atoms with Crippen molar-refractivity contribution in [3.05, 3.63) is 62.6 Å². The van der Waals surface area contributed by atoms with Crippen LogP contribution in [0.3, 0.4) is 0 Å². The van der Waals surface area contributed by atoms with E-state index in [-0.39, 0.29) is 16.4 Å². The van der Waals surface area contributed by atoms with Crippen molar-refractivity contribution < 1.29 is 14.5 Å². The van der Waals surface area contributed by atoms with Gasteiger partial charge in [-0.1, -0.05) is 29.3 Å². The molecular weight excluding hydrogens is 343 g/mol. The minimum absolute atomic E-state index is 0.00350. The van der Waals surface area contributed by atoms with Crippen LogP contribution in [-0.2, 0) is 4.79 Å². The fraction of sp³-hybridized carbons (Fsp3) is 0.133. The third kappa shape index (κ3) is 4.58. The molecule has 0 aliphatic carbocycles. The second-order valence-electron chi connectivity index (χ2n) is 4.63. The van der Waals surface area contributed by atoms with Crippen LogP contribution >= 0.6 is 23.2 Å². The average Bonchev–Trinajstić information content (AvgIpc) is 2.48. The van der Waals surface area contributed by atoms with E-state index in [0.29, 0.717) is 10.8 Å². The Kier molecular flexibility index (Phi) is 5.41. The van der Waals surface area contributed by atoms with Crippen LogP contribution < -0.4 is 10.1 Å². The predicted octanol–water partition coefficient (Wildman–Crippen LogP) is 4.31. The largest absolute Gasteiger partial charge is 0.481 e. The van der Waals surface area contributed by atoms with Crippen molar-refractivity contribution in [3.63, 3.8) is 0 Å². The van der Waals surface area contributed by atoms with Crippen molar-refractivity contribution in [1.29, 1.82) is 0 Å². The van der Waals surface area contributed by atoms with E-state index in [0.717, 1.165) is 0 Å². The molecule has 8 heteroatoms. The Bertz CT molecular complexity index is 752. The van der Waals surface area contributed by atoms with Gasteiger partial charge in [0.2, 0.25) is 0 Å². The number of nitro groups is 1. The molecule has 0 saturated carbocycles. The standard InChI is InChI=1S/C15H12Cl2N2O4/c1-9(23-12-4-2-3-10(16)7-12)15(20)18-11-5-6-13(17)14(8-11)19(21)22/h2-9H,1H3,(H,18,20). The molecule has 0 aliphatic heterocycles. The number of ether oxygens (including phenoxy) is 1. The lowest BCUT2D eigenvalue weighted by Crippen LogP contribution is -2.30. The fourth-order valence-electron chi connectivity index (χ4n) is 1.77. The Balaban J connectivity index is 2.06. The Labute approximate surface area is 142 Å².